The number of rotatable bonds is 5. The number of para-hydroxylation sites is 1. The van der Waals surface area contributed by atoms with Crippen LogP contribution in [0.15, 0.2) is 23.8 Å². The molecular weight excluding hydrogens is 234 g/mol. The van der Waals surface area contributed by atoms with Crippen LogP contribution in [0, 0.1) is 0 Å². The van der Waals surface area contributed by atoms with Gasteiger partial charge in [0.1, 0.15) is 11.4 Å². The minimum Gasteiger partial charge on any atom is -0.487 e. The summed E-state index contributed by atoms with van der Waals surface area (Å²) >= 11 is 0. The first-order valence-corrected chi connectivity index (χ1v) is 7.20. The molecular formula is C17H25NO. The molecule has 0 aliphatic carbocycles. The van der Waals surface area contributed by atoms with Crippen LogP contribution in [0.1, 0.15) is 45.2 Å². The molecule has 2 nitrogen and oxygen atoms in total. The van der Waals surface area contributed by atoms with Crippen LogP contribution in [0.25, 0.3) is 6.08 Å². The summed E-state index contributed by atoms with van der Waals surface area (Å²) in [5.41, 5.74) is 3.81. The Bertz CT molecular complexity index is 474. The quantitative estimate of drug-likeness (QED) is 0.812. The van der Waals surface area contributed by atoms with Gasteiger partial charge in [-0.2, -0.15) is 0 Å². The van der Waals surface area contributed by atoms with E-state index in [0.717, 1.165) is 25.3 Å². The molecule has 0 unspecified atom stereocenters. The molecule has 0 bridgehead atoms. The molecule has 1 aliphatic rings. The van der Waals surface area contributed by atoms with Crippen molar-refractivity contribution in [3.63, 3.8) is 0 Å². The van der Waals surface area contributed by atoms with E-state index in [0.29, 0.717) is 0 Å². The Labute approximate surface area is 116 Å². The first-order valence-electron chi connectivity index (χ1n) is 7.20. The van der Waals surface area contributed by atoms with Gasteiger partial charge in [-0.3, -0.25) is 0 Å². The molecule has 1 aliphatic heterocycles. The molecule has 2 heteroatoms. The predicted molar refractivity (Wildman–Crippen MR) is 81.7 cm³/mol. The number of fused-ring (bicyclic) bond motifs is 1. The zero-order chi connectivity index (χ0) is 13.9. The molecule has 0 amide bonds. The number of ether oxygens (including phenoxy) is 1. The minimum atomic E-state index is -0.0688. The Hall–Kier alpha value is -1.28. The third-order valence-electron chi connectivity index (χ3n) is 3.35. The van der Waals surface area contributed by atoms with Gasteiger partial charge in [0.15, 0.2) is 0 Å². The van der Waals surface area contributed by atoms with Gasteiger partial charge in [0.05, 0.1) is 0 Å². The standard InChI is InChI=1S/C17H25NO/c1-5-9-18-12-13(2)10-14-7-6-8-15-11-17(3,4)19-16(14)15/h6-8,10,18H,5,9,11-12H2,1-4H3. The van der Waals surface area contributed by atoms with Gasteiger partial charge in [-0.25, -0.2) is 0 Å². The van der Waals surface area contributed by atoms with E-state index in [4.69, 9.17) is 4.74 Å². The Morgan fingerprint density at radius 2 is 2.21 bits per heavy atom. The summed E-state index contributed by atoms with van der Waals surface area (Å²) in [6, 6.07) is 6.44. The van der Waals surface area contributed by atoms with Gasteiger partial charge in [0, 0.05) is 18.5 Å². The summed E-state index contributed by atoms with van der Waals surface area (Å²) in [5, 5.41) is 3.43. The molecule has 0 saturated carbocycles. The summed E-state index contributed by atoms with van der Waals surface area (Å²) in [6.07, 6.45) is 4.41. The third-order valence-corrected chi connectivity index (χ3v) is 3.35. The maximum absolute atomic E-state index is 6.09. The average Bonchev–Trinajstić information content (AvgIpc) is 2.65. The zero-order valence-electron chi connectivity index (χ0n) is 12.5. The van der Waals surface area contributed by atoms with Gasteiger partial charge in [-0.1, -0.05) is 36.8 Å². The van der Waals surface area contributed by atoms with Crippen LogP contribution in [0.2, 0.25) is 0 Å². The number of nitrogens with one attached hydrogen (secondary N) is 1. The summed E-state index contributed by atoms with van der Waals surface area (Å²) in [7, 11) is 0. The van der Waals surface area contributed by atoms with Gasteiger partial charge < -0.3 is 10.1 Å². The van der Waals surface area contributed by atoms with Crippen molar-refractivity contribution in [3.05, 3.63) is 34.9 Å². The molecule has 2 rings (SSSR count). The van der Waals surface area contributed by atoms with Crippen LogP contribution >= 0.6 is 0 Å². The van der Waals surface area contributed by atoms with Crippen molar-refractivity contribution in [2.75, 3.05) is 13.1 Å². The van der Waals surface area contributed by atoms with Crippen molar-refractivity contribution in [3.8, 4) is 5.75 Å². The third kappa shape index (κ3) is 3.60. The van der Waals surface area contributed by atoms with E-state index in [-0.39, 0.29) is 5.60 Å². The molecule has 0 aromatic heterocycles. The van der Waals surface area contributed by atoms with Crippen LogP contribution in [0.3, 0.4) is 0 Å². The maximum atomic E-state index is 6.09. The van der Waals surface area contributed by atoms with Crippen molar-refractivity contribution in [1.29, 1.82) is 0 Å². The monoisotopic (exact) mass is 259 g/mol. The molecule has 1 N–H and O–H groups in total. The van der Waals surface area contributed by atoms with Crippen molar-refractivity contribution in [2.24, 2.45) is 0 Å². The molecule has 0 fully saturated rings. The van der Waals surface area contributed by atoms with E-state index in [1.807, 2.05) is 0 Å². The highest BCUT2D eigenvalue weighted by Gasteiger charge is 2.30. The van der Waals surface area contributed by atoms with E-state index in [1.54, 1.807) is 0 Å². The van der Waals surface area contributed by atoms with Crippen LogP contribution in [0.4, 0.5) is 0 Å². The van der Waals surface area contributed by atoms with E-state index in [2.05, 4.69) is 57.3 Å². The van der Waals surface area contributed by atoms with Gasteiger partial charge in [-0.05, 0) is 39.3 Å². The number of hydrogen-bond donors (Lipinski definition) is 1. The number of benzene rings is 1. The fraction of sp³-hybridized carbons (Fsp3) is 0.529. The molecule has 104 valence electrons. The molecule has 1 aromatic rings. The summed E-state index contributed by atoms with van der Waals surface area (Å²) < 4.78 is 6.09. The molecule has 0 radical (unpaired) electrons. The molecule has 0 spiro atoms. The van der Waals surface area contributed by atoms with Gasteiger partial charge in [-0.15, -0.1) is 0 Å². The predicted octanol–water partition coefficient (Wildman–Crippen LogP) is 3.80. The molecule has 1 heterocycles. The highest BCUT2D eigenvalue weighted by atomic mass is 16.5. The average molecular weight is 259 g/mol. The lowest BCUT2D eigenvalue weighted by Crippen LogP contribution is -2.24. The fourth-order valence-corrected chi connectivity index (χ4v) is 2.53. The SMILES string of the molecule is CCCNCC(C)=Cc1cccc2c1OC(C)(C)C2. The van der Waals surface area contributed by atoms with Crippen molar-refractivity contribution in [2.45, 2.75) is 46.1 Å². The highest BCUT2D eigenvalue weighted by molar-refractivity contribution is 5.63. The summed E-state index contributed by atoms with van der Waals surface area (Å²) in [5.74, 6) is 1.07. The fourth-order valence-electron chi connectivity index (χ4n) is 2.53. The Balaban J connectivity index is 2.15. The summed E-state index contributed by atoms with van der Waals surface area (Å²) in [4.78, 5) is 0. The lowest BCUT2D eigenvalue weighted by atomic mass is 10.00. The lowest BCUT2D eigenvalue weighted by molar-refractivity contribution is 0.138. The van der Waals surface area contributed by atoms with Crippen molar-refractivity contribution >= 4 is 6.08 Å². The molecule has 0 saturated heterocycles. The van der Waals surface area contributed by atoms with Crippen molar-refractivity contribution in [1.82, 2.24) is 5.32 Å². The molecule has 0 atom stereocenters. The lowest BCUT2D eigenvalue weighted by Gasteiger charge is -2.17. The maximum Gasteiger partial charge on any atom is 0.130 e. The first-order chi connectivity index (χ1) is 9.02. The van der Waals surface area contributed by atoms with E-state index in [1.165, 1.54) is 23.1 Å². The molecule has 19 heavy (non-hydrogen) atoms. The second-order valence-corrected chi connectivity index (χ2v) is 6.04. The smallest absolute Gasteiger partial charge is 0.130 e. The van der Waals surface area contributed by atoms with Crippen LogP contribution in [0.5, 0.6) is 5.75 Å². The second kappa shape index (κ2) is 5.79. The van der Waals surface area contributed by atoms with Gasteiger partial charge in [0.25, 0.3) is 0 Å². The Kier molecular flexibility index (Phi) is 4.31. The molecule has 1 aromatic carbocycles. The highest BCUT2D eigenvalue weighted by Crippen LogP contribution is 2.38. The topological polar surface area (TPSA) is 21.3 Å². The van der Waals surface area contributed by atoms with Crippen LogP contribution in [-0.2, 0) is 6.42 Å². The van der Waals surface area contributed by atoms with E-state index < -0.39 is 0 Å². The van der Waals surface area contributed by atoms with E-state index >= 15 is 0 Å². The Morgan fingerprint density at radius 1 is 1.42 bits per heavy atom. The number of hydrogen-bond acceptors (Lipinski definition) is 2. The zero-order valence-corrected chi connectivity index (χ0v) is 12.5. The van der Waals surface area contributed by atoms with Crippen molar-refractivity contribution < 1.29 is 4.74 Å². The largest absolute Gasteiger partial charge is 0.487 e. The van der Waals surface area contributed by atoms with E-state index in [9.17, 15) is 0 Å². The van der Waals surface area contributed by atoms with Crippen LogP contribution in [-0.4, -0.2) is 18.7 Å². The van der Waals surface area contributed by atoms with Crippen LogP contribution < -0.4 is 10.1 Å². The second-order valence-electron chi connectivity index (χ2n) is 6.04. The normalized spacial score (nSPS) is 17.2. The first kappa shape index (κ1) is 14.1. The Morgan fingerprint density at radius 3 is 2.95 bits per heavy atom. The summed E-state index contributed by atoms with van der Waals surface area (Å²) in [6.45, 7) is 10.7. The van der Waals surface area contributed by atoms with Gasteiger partial charge >= 0.3 is 0 Å². The van der Waals surface area contributed by atoms with Gasteiger partial charge in [0.2, 0.25) is 0 Å². The minimum absolute atomic E-state index is 0.0688.